The van der Waals surface area contributed by atoms with Crippen LogP contribution >= 0.6 is 11.9 Å². The molecule has 4 rings (SSSR count). The third-order valence-corrected chi connectivity index (χ3v) is 6.64. The average molecular weight is 482 g/mol. The van der Waals surface area contributed by atoms with Crippen molar-refractivity contribution in [3.8, 4) is 11.1 Å². The fraction of sp³-hybridized carbons (Fsp3) is 0.133. The van der Waals surface area contributed by atoms with Crippen LogP contribution in [-0.4, -0.2) is 16.9 Å². The van der Waals surface area contributed by atoms with Crippen LogP contribution in [-0.2, 0) is 4.79 Å². The van der Waals surface area contributed by atoms with Gasteiger partial charge in [0, 0.05) is 22.6 Å². The molecule has 0 aromatic heterocycles. The SMILES string of the molecule is O=C(CC(CC1=CCC=CC=C1)C(=O)O)c1ccc(-c2ccc(NSc3ccccc3)cc2)cc1. The monoisotopic (exact) mass is 481 g/mol. The molecular weight excluding hydrogens is 454 g/mol. The topological polar surface area (TPSA) is 66.4 Å². The minimum Gasteiger partial charge on any atom is -0.481 e. The van der Waals surface area contributed by atoms with Crippen molar-refractivity contribution >= 4 is 29.4 Å². The molecular formula is C30H27NO3S. The summed E-state index contributed by atoms with van der Waals surface area (Å²) in [6, 6.07) is 25.6. The standard InChI is InChI=1S/C30H27NO3S/c32-29(21-26(30(33)34)20-22-8-4-1-2-5-9-22)25-14-12-23(13-15-25)24-16-18-27(19-17-24)31-35-28-10-6-3-7-11-28/h1-4,6-19,26,31H,5,20-21H2,(H,33,34). The first kappa shape index (κ1) is 24.3. The second-order valence-electron chi connectivity index (χ2n) is 8.34. The number of nitrogens with one attached hydrogen (secondary N) is 1. The van der Waals surface area contributed by atoms with Crippen LogP contribution in [0.5, 0.6) is 0 Å². The molecule has 0 fully saturated rings. The van der Waals surface area contributed by atoms with Gasteiger partial charge in [-0.05, 0) is 60.2 Å². The molecule has 2 N–H and O–H groups in total. The highest BCUT2D eigenvalue weighted by Gasteiger charge is 2.23. The molecule has 4 nitrogen and oxygen atoms in total. The molecule has 0 spiro atoms. The Labute approximate surface area is 210 Å². The number of carboxylic acid groups (broad SMARTS) is 1. The maximum Gasteiger partial charge on any atom is 0.307 e. The Bertz CT molecular complexity index is 1240. The lowest BCUT2D eigenvalue weighted by Crippen LogP contribution is -2.18. The van der Waals surface area contributed by atoms with E-state index in [0.29, 0.717) is 12.0 Å². The second-order valence-corrected chi connectivity index (χ2v) is 9.22. The summed E-state index contributed by atoms with van der Waals surface area (Å²) in [4.78, 5) is 25.8. The first-order chi connectivity index (χ1) is 17.1. The van der Waals surface area contributed by atoms with E-state index in [9.17, 15) is 14.7 Å². The van der Waals surface area contributed by atoms with E-state index < -0.39 is 11.9 Å². The summed E-state index contributed by atoms with van der Waals surface area (Å²) in [6.45, 7) is 0. The van der Waals surface area contributed by atoms with Crippen LogP contribution in [0.1, 0.15) is 29.6 Å². The highest BCUT2D eigenvalue weighted by atomic mass is 32.2. The predicted octanol–water partition coefficient (Wildman–Crippen LogP) is 7.58. The molecule has 1 aliphatic rings. The number of Topliss-reactive ketones (excluding diaryl/α,β-unsaturated/α-hetero) is 1. The molecule has 176 valence electrons. The summed E-state index contributed by atoms with van der Waals surface area (Å²) < 4.78 is 3.34. The summed E-state index contributed by atoms with van der Waals surface area (Å²) in [5.41, 5.74) is 4.53. The Morgan fingerprint density at radius 2 is 1.57 bits per heavy atom. The average Bonchev–Trinajstić information content (AvgIpc) is 3.17. The lowest BCUT2D eigenvalue weighted by Gasteiger charge is -2.13. The van der Waals surface area contributed by atoms with Gasteiger partial charge >= 0.3 is 5.97 Å². The van der Waals surface area contributed by atoms with E-state index in [2.05, 4.69) is 16.9 Å². The van der Waals surface area contributed by atoms with E-state index in [0.717, 1.165) is 33.7 Å². The summed E-state index contributed by atoms with van der Waals surface area (Å²) in [5, 5.41) is 9.66. The fourth-order valence-electron chi connectivity index (χ4n) is 3.83. The van der Waals surface area contributed by atoms with Crippen molar-refractivity contribution in [2.75, 3.05) is 4.72 Å². The van der Waals surface area contributed by atoms with Gasteiger partial charge in [-0.15, -0.1) is 0 Å². The molecule has 0 bridgehead atoms. The van der Waals surface area contributed by atoms with Crippen LogP contribution in [0.15, 0.2) is 120 Å². The number of anilines is 1. The van der Waals surface area contributed by atoms with Crippen molar-refractivity contribution in [1.29, 1.82) is 0 Å². The molecule has 1 atom stereocenters. The molecule has 0 aliphatic heterocycles. The van der Waals surface area contributed by atoms with Crippen LogP contribution < -0.4 is 4.72 Å². The molecule has 0 amide bonds. The van der Waals surface area contributed by atoms with Crippen molar-refractivity contribution in [3.63, 3.8) is 0 Å². The van der Waals surface area contributed by atoms with Gasteiger partial charge in [0.25, 0.3) is 0 Å². The van der Waals surface area contributed by atoms with Crippen LogP contribution in [0.3, 0.4) is 0 Å². The minimum absolute atomic E-state index is 0.0211. The molecule has 0 saturated carbocycles. The third-order valence-electron chi connectivity index (χ3n) is 5.79. The molecule has 35 heavy (non-hydrogen) atoms. The van der Waals surface area contributed by atoms with Gasteiger partial charge in [0.1, 0.15) is 0 Å². The van der Waals surface area contributed by atoms with E-state index in [-0.39, 0.29) is 12.2 Å². The van der Waals surface area contributed by atoms with Gasteiger partial charge in [-0.2, -0.15) is 0 Å². The Kier molecular flexibility index (Phi) is 8.36. The summed E-state index contributed by atoms with van der Waals surface area (Å²) in [6.07, 6.45) is 10.9. The first-order valence-electron chi connectivity index (χ1n) is 11.5. The molecule has 0 radical (unpaired) electrons. The van der Waals surface area contributed by atoms with Gasteiger partial charge in [-0.25, -0.2) is 0 Å². The normalized spacial score (nSPS) is 13.5. The van der Waals surface area contributed by atoms with Gasteiger partial charge < -0.3 is 9.83 Å². The number of carboxylic acids is 1. The number of benzene rings is 3. The Morgan fingerprint density at radius 1 is 0.886 bits per heavy atom. The number of hydrogen-bond acceptors (Lipinski definition) is 4. The van der Waals surface area contributed by atoms with E-state index in [1.54, 1.807) is 24.1 Å². The van der Waals surface area contributed by atoms with Crippen LogP contribution in [0.4, 0.5) is 5.69 Å². The first-order valence-corrected chi connectivity index (χ1v) is 12.4. The largest absolute Gasteiger partial charge is 0.481 e. The van der Waals surface area contributed by atoms with Crippen LogP contribution in [0.2, 0.25) is 0 Å². The lowest BCUT2D eigenvalue weighted by molar-refractivity contribution is -0.141. The van der Waals surface area contributed by atoms with Crippen molar-refractivity contribution in [2.45, 2.75) is 24.2 Å². The zero-order valence-corrected chi connectivity index (χ0v) is 20.1. The van der Waals surface area contributed by atoms with Gasteiger partial charge in [0.05, 0.1) is 5.92 Å². The quantitative estimate of drug-likeness (QED) is 0.231. The number of aliphatic carboxylic acids is 1. The number of ketones is 1. The highest BCUT2D eigenvalue weighted by molar-refractivity contribution is 8.00. The predicted molar refractivity (Wildman–Crippen MR) is 143 cm³/mol. The second kappa shape index (κ2) is 12.0. The Morgan fingerprint density at radius 3 is 2.26 bits per heavy atom. The number of carbonyl (C=O) groups excluding carboxylic acids is 1. The summed E-state index contributed by atoms with van der Waals surface area (Å²) in [5.74, 6) is -1.84. The van der Waals surface area contributed by atoms with Crippen molar-refractivity contribution in [3.05, 3.63) is 120 Å². The molecule has 0 heterocycles. The summed E-state index contributed by atoms with van der Waals surface area (Å²) >= 11 is 1.56. The Hall–Kier alpha value is -3.83. The van der Waals surface area contributed by atoms with Gasteiger partial charge in [-0.3, -0.25) is 9.59 Å². The van der Waals surface area contributed by atoms with Gasteiger partial charge in [0.15, 0.2) is 5.78 Å². The van der Waals surface area contributed by atoms with E-state index in [1.165, 1.54) is 0 Å². The van der Waals surface area contributed by atoms with Crippen molar-refractivity contribution in [2.24, 2.45) is 5.92 Å². The lowest BCUT2D eigenvalue weighted by atomic mass is 9.91. The minimum atomic E-state index is -0.944. The van der Waals surface area contributed by atoms with E-state index in [1.807, 2.05) is 85.0 Å². The molecule has 1 aliphatic carbocycles. The molecule has 0 saturated heterocycles. The van der Waals surface area contributed by atoms with E-state index in [4.69, 9.17) is 0 Å². The van der Waals surface area contributed by atoms with Crippen LogP contribution in [0, 0.1) is 5.92 Å². The van der Waals surface area contributed by atoms with Crippen LogP contribution in [0.25, 0.3) is 11.1 Å². The number of rotatable bonds is 10. The maximum atomic E-state index is 12.8. The highest BCUT2D eigenvalue weighted by Crippen LogP contribution is 2.26. The molecule has 5 heteroatoms. The molecule has 1 unspecified atom stereocenters. The smallest absolute Gasteiger partial charge is 0.307 e. The third kappa shape index (κ3) is 7.08. The molecule has 3 aromatic carbocycles. The number of allylic oxidation sites excluding steroid dienone is 6. The van der Waals surface area contributed by atoms with Gasteiger partial charge in [0.2, 0.25) is 0 Å². The zero-order chi connectivity index (χ0) is 24.5. The van der Waals surface area contributed by atoms with Gasteiger partial charge in [-0.1, -0.05) is 90.6 Å². The Balaban J connectivity index is 1.36. The number of carbonyl (C=O) groups is 2. The zero-order valence-electron chi connectivity index (χ0n) is 19.3. The van der Waals surface area contributed by atoms with E-state index >= 15 is 0 Å². The maximum absolute atomic E-state index is 12.8. The van der Waals surface area contributed by atoms with Crippen molar-refractivity contribution < 1.29 is 14.7 Å². The summed E-state index contributed by atoms with van der Waals surface area (Å²) in [7, 11) is 0. The molecule has 3 aromatic rings. The van der Waals surface area contributed by atoms with Crippen molar-refractivity contribution in [1.82, 2.24) is 0 Å². The number of hydrogen-bond donors (Lipinski definition) is 2. The fourth-order valence-corrected chi connectivity index (χ4v) is 4.50.